The lowest BCUT2D eigenvalue weighted by molar-refractivity contribution is -0.120. The Labute approximate surface area is 156 Å². The van der Waals surface area contributed by atoms with Crippen molar-refractivity contribution in [1.82, 2.24) is 15.2 Å². The molecular formula is C21H20FN3O2. The molecule has 0 aliphatic carbocycles. The molecule has 0 bridgehead atoms. The van der Waals surface area contributed by atoms with Crippen LogP contribution in [0.2, 0.25) is 0 Å². The number of hydrogen-bond donors (Lipinski definition) is 2. The van der Waals surface area contributed by atoms with Gasteiger partial charge in [0.25, 0.3) is 5.91 Å². The zero-order chi connectivity index (χ0) is 19.1. The third kappa shape index (κ3) is 5.28. The molecule has 3 rings (SSSR count). The summed E-state index contributed by atoms with van der Waals surface area (Å²) in [6.07, 6.45) is 4.04. The van der Waals surface area contributed by atoms with Gasteiger partial charge in [0.2, 0.25) is 5.91 Å². The minimum absolute atomic E-state index is 0.174. The van der Waals surface area contributed by atoms with Crippen molar-refractivity contribution in [3.8, 4) is 5.69 Å². The number of carbonyl (C=O) groups excluding carboxylic acids is 2. The molecule has 138 valence electrons. The van der Waals surface area contributed by atoms with Crippen LogP contribution in [0, 0.1) is 5.82 Å². The van der Waals surface area contributed by atoms with E-state index in [1.165, 1.54) is 12.1 Å². The molecule has 0 saturated carbocycles. The number of aromatic nitrogens is 1. The summed E-state index contributed by atoms with van der Waals surface area (Å²) in [6.45, 7) is 0.653. The highest BCUT2D eigenvalue weighted by molar-refractivity contribution is 5.94. The highest BCUT2D eigenvalue weighted by atomic mass is 19.1. The normalized spacial score (nSPS) is 10.4. The fraction of sp³-hybridized carbons (Fsp3) is 0.143. The molecule has 0 aliphatic rings. The summed E-state index contributed by atoms with van der Waals surface area (Å²) in [6, 6.07) is 16.9. The van der Waals surface area contributed by atoms with E-state index in [9.17, 15) is 14.0 Å². The highest BCUT2D eigenvalue weighted by Gasteiger charge is 2.06. The van der Waals surface area contributed by atoms with Crippen molar-refractivity contribution in [2.24, 2.45) is 0 Å². The van der Waals surface area contributed by atoms with E-state index in [1.54, 1.807) is 24.3 Å². The lowest BCUT2D eigenvalue weighted by atomic mass is 10.1. The van der Waals surface area contributed by atoms with Gasteiger partial charge in [-0.25, -0.2) is 4.39 Å². The Morgan fingerprint density at radius 2 is 1.48 bits per heavy atom. The molecule has 0 fully saturated rings. The molecular weight excluding hydrogens is 345 g/mol. The molecule has 6 heteroatoms. The first kappa shape index (κ1) is 18.4. The van der Waals surface area contributed by atoms with Crippen molar-refractivity contribution >= 4 is 11.8 Å². The third-order valence-corrected chi connectivity index (χ3v) is 4.04. The maximum absolute atomic E-state index is 12.8. The average Bonchev–Trinajstić information content (AvgIpc) is 3.22. The van der Waals surface area contributed by atoms with Crippen LogP contribution in [0.3, 0.4) is 0 Å². The smallest absolute Gasteiger partial charge is 0.251 e. The number of nitrogens with one attached hydrogen (secondary N) is 2. The quantitative estimate of drug-likeness (QED) is 0.633. The van der Waals surface area contributed by atoms with E-state index in [0.717, 1.165) is 11.3 Å². The van der Waals surface area contributed by atoms with Crippen LogP contribution in [-0.2, 0) is 11.2 Å². The van der Waals surface area contributed by atoms with Gasteiger partial charge in [0.1, 0.15) is 5.82 Å². The molecule has 1 aromatic heterocycles. The fourth-order valence-corrected chi connectivity index (χ4v) is 2.62. The van der Waals surface area contributed by atoms with E-state index in [-0.39, 0.29) is 24.1 Å². The predicted octanol–water partition coefficient (Wildman–Crippen LogP) is 2.71. The second kappa shape index (κ2) is 8.80. The van der Waals surface area contributed by atoms with Crippen LogP contribution in [0.4, 0.5) is 4.39 Å². The zero-order valence-electron chi connectivity index (χ0n) is 14.7. The van der Waals surface area contributed by atoms with Crippen molar-refractivity contribution in [2.75, 3.05) is 13.1 Å². The van der Waals surface area contributed by atoms with E-state index in [0.29, 0.717) is 18.7 Å². The van der Waals surface area contributed by atoms with Crippen molar-refractivity contribution in [3.63, 3.8) is 0 Å². The predicted molar refractivity (Wildman–Crippen MR) is 101 cm³/mol. The molecule has 0 saturated heterocycles. The fourth-order valence-electron chi connectivity index (χ4n) is 2.62. The van der Waals surface area contributed by atoms with Gasteiger partial charge >= 0.3 is 0 Å². The van der Waals surface area contributed by atoms with Crippen LogP contribution in [0.1, 0.15) is 15.9 Å². The van der Waals surface area contributed by atoms with Crippen molar-refractivity contribution < 1.29 is 14.0 Å². The van der Waals surface area contributed by atoms with E-state index >= 15 is 0 Å². The summed E-state index contributed by atoms with van der Waals surface area (Å²) >= 11 is 0. The van der Waals surface area contributed by atoms with Crippen LogP contribution in [0.15, 0.2) is 73.1 Å². The maximum atomic E-state index is 12.8. The number of rotatable bonds is 7. The van der Waals surface area contributed by atoms with Crippen LogP contribution in [0.5, 0.6) is 0 Å². The molecule has 3 aromatic rings. The third-order valence-electron chi connectivity index (χ3n) is 4.04. The van der Waals surface area contributed by atoms with Gasteiger partial charge in [0.05, 0.1) is 6.42 Å². The highest BCUT2D eigenvalue weighted by Crippen LogP contribution is 2.10. The molecule has 2 aromatic carbocycles. The van der Waals surface area contributed by atoms with E-state index in [4.69, 9.17) is 0 Å². The molecule has 0 aliphatic heterocycles. The Bertz CT molecular complexity index is 888. The van der Waals surface area contributed by atoms with E-state index in [1.807, 2.05) is 41.2 Å². The van der Waals surface area contributed by atoms with Crippen LogP contribution in [0.25, 0.3) is 5.69 Å². The molecule has 0 radical (unpaired) electrons. The van der Waals surface area contributed by atoms with Crippen molar-refractivity contribution in [2.45, 2.75) is 6.42 Å². The first-order chi connectivity index (χ1) is 13.1. The zero-order valence-corrected chi connectivity index (χ0v) is 14.7. The summed E-state index contributed by atoms with van der Waals surface area (Å²) in [7, 11) is 0. The van der Waals surface area contributed by atoms with E-state index < -0.39 is 0 Å². The Balaban J connectivity index is 1.40. The number of nitrogens with zero attached hydrogens (tertiary/aromatic N) is 1. The number of halogens is 1. The Morgan fingerprint density at radius 3 is 2.15 bits per heavy atom. The SMILES string of the molecule is O=C(Cc1ccc(F)cc1)NCCNC(=O)c1ccc(-n2cccc2)cc1. The minimum Gasteiger partial charge on any atom is -0.354 e. The maximum Gasteiger partial charge on any atom is 0.251 e. The summed E-state index contributed by atoms with van der Waals surface area (Å²) in [4.78, 5) is 24.0. The Hall–Kier alpha value is -3.41. The van der Waals surface area contributed by atoms with E-state index in [2.05, 4.69) is 10.6 Å². The number of carbonyl (C=O) groups is 2. The largest absolute Gasteiger partial charge is 0.354 e. The summed E-state index contributed by atoms with van der Waals surface area (Å²) in [5.41, 5.74) is 2.27. The summed E-state index contributed by atoms with van der Waals surface area (Å²) in [5.74, 6) is -0.697. The Morgan fingerprint density at radius 1 is 0.852 bits per heavy atom. The van der Waals surface area contributed by atoms with Gasteiger partial charge in [0, 0.05) is 36.7 Å². The van der Waals surface area contributed by atoms with Gasteiger partial charge in [-0.3, -0.25) is 9.59 Å². The number of hydrogen-bond acceptors (Lipinski definition) is 2. The van der Waals surface area contributed by atoms with Crippen LogP contribution >= 0.6 is 0 Å². The van der Waals surface area contributed by atoms with Gasteiger partial charge in [-0.2, -0.15) is 0 Å². The molecule has 0 spiro atoms. The number of benzene rings is 2. The molecule has 27 heavy (non-hydrogen) atoms. The van der Waals surface area contributed by atoms with Gasteiger partial charge in [-0.05, 0) is 54.1 Å². The lowest BCUT2D eigenvalue weighted by Crippen LogP contribution is -2.35. The van der Waals surface area contributed by atoms with Gasteiger partial charge in [-0.15, -0.1) is 0 Å². The standard InChI is InChI=1S/C21H20FN3O2/c22-18-7-3-16(4-8-18)15-20(26)23-11-12-24-21(27)17-5-9-19(10-6-17)25-13-1-2-14-25/h1-10,13-14H,11-12,15H2,(H,23,26)(H,24,27). The second-order valence-electron chi connectivity index (χ2n) is 6.05. The molecule has 2 amide bonds. The second-order valence-corrected chi connectivity index (χ2v) is 6.05. The summed E-state index contributed by atoms with van der Waals surface area (Å²) < 4.78 is 14.8. The molecule has 0 unspecified atom stereocenters. The lowest BCUT2D eigenvalue weighted by Gasteiger charge is -2.08. The van der Waals surface area contributed by atoms with Gasteiger partial charge < -0.3 is 15.2 Å². The van der Waals surface area contributed by atoms with Crippen LogP contribution in [-0.4, -0.2) is 29.5 Å². The average molecular weight is 365 g/mol. The number of amides is 2. The summed E-state index contributed by atoms with van der Waals surface area (Å²) in [5, 5.41) is 5.50. The monoisotopic (exact) mass is 365 g/mol. The molecule has 5 nitrogen and oxygen atoms in total. The van der Waals surface area contributed by atoms with Crippen molar-refractivity contribution in [3.05, 3.63) is 90.0 Å². The molecule has 2 N–H and O–H groups in total. The molecule has 1 heterocycles. The first-order valence-electron chi connectivity index (χ1n) is 8.64. The van der Waals surface area contributed by atoms with Gasteiger partial charge in [-0.1, -0.05) is 12.1 Å². The van der Waals surface area contributed by atoms with Crippen LogP contribution < -0.4 is 10.6 Å². The van der Waals surface area contributed by atoms with Gasteiger partial charge in [0.15, 0.2) is 0 Å². The molecule has 0 atom stereocenters. The van der Waals surface area contributed by atoms with Crippen molar-refractivity contribution in [1.29, 1.82) is 0 Å². The minimum atomic E-state index is -0.330. The first-order valence-corrected chi connectivity index (χ1v) is 8.64. The Kier molecular flexibility index (Phi) is 5.99. The topological polar surface area (TPSA) is 63.1 Å².